The van der Waals surface area contributed by atoms with Crippen LogP contribution < -0.4 is 64.6 Å². The molecule has 0 unspecified atom stereocenters. The van der Waals surface area contributed by atoms with Gasteiger partial charge in [0.15, 0.2) is 11.7 Å². The van der Waals surface area contributed by atoms with E-state index >= 15 is 38.4 Å². The number of phenolic OH excluding ortho intramolecular Hbond substituents is 1. The van der Waals surface area contributed by atoms with Gasteiger partial charge in [-0.1, -0.05) is 102 Å². The lowest BCUT2D eigenvalue weighted by molar-refractivity contribution is -0.149. The van der Waals surface area contributed by atoms with E-state index in [-0.39, 0.29) is 108 Å². The van der Waals surface area contributed by atoms with Gasteiger partial charge in [0, 0.05) is 125 Å². The number of carbonyl (C=O) groups is 17. The average molecular weight is 1910 g/mol. The SMILES string of the molecule is CCCC[C@H]1C(=O)N(C)[C@@H](CCCC)C(=O)N[C@@H](CCCNC(=N)N)C(=O)N[C@H](C(=O)NCC(N)=O)CSCC(=O)N[C@@H](Cc2ccc(O)cc2)C(=O)N(C)[C@@H](C)C(=O)N[C@@H](CC(=O)O)C(=O)N2CCC[C@H]2C(=O)N[C@@H](Cc2c[nH]cn2)C(=O)N[C@@H](CC(C)C)C(=O)N2C[C@H](O)C[C@H]2C(=O)C[C@@H](Cc2c[nH]c3ccccc23)C(=O)N[C@@H](CO)C(=O)N[C@@H](Cc2c[nH]c3ccccc23)C(=O)N1C. The molecule has 44 heteroatoms. The molecule has 3 aliphatic heterocycles. The predicted molar refractivity (Wildman–Crippen MR) is 499 cm³/mol. The Labute approximate surface area is 790 Å². The highest BCUT2D eigenvalue weighted by atomic mass is 32.2. The maximum absolute atomic E-state index is 15.8. The number of hydrogen-bond acceptors (Lipinski definition) is 23. The largest absolute Gasteiger partial charge is 0.508 e. The summed E-state index contributed by atoms with van der Waals surface area (Å²) in [5.74, 6) is -19.8. The molecule has 43 nitrogen and oxygen atoms in total. The quantitative estimate of drug-likeness (QED) is 0.0172. The van der Waals surface area contributed by atoms with Gasteiger partial charge in [0.25, 0.3) is 0 Å². The van der Waals surface area contributed by atoms with Crippen molar-refractivity contribution >= 4 is 140 Å². The molecule has 136 heavy (non-hydrogen) atoms. The Morgan fingerprint density at radius 3 is 1.78 bits per heavy atom. The van der Waals surface area contributed by atoms with Crippen molar-refractivity contribution in [2.45, 2.75) is 235 Å². The highest BCUT2D eigenvalue weighted by molar-refractivity contribution is 8.00. The number of carbonyl (C=O) groups excluding carboxylic acids is 16. The van der Waals surface area contributed by atoms with Crippen LogP contribution in [0.4, 0.5) is 0 Å². The third-order valence-corrected chi connectivity index (χ3v) is 25.6. The molecule has 22 N–H and O–H groups in total. The number of fused-ring (bicyclic) bond motifs is 4. The molecule has 3 aromatic carbocycles. The number of hydrogen-bond donors (Lipinski definition) is 20. The summed E-state index contributed by atoms with van der Waals surface area (Å²) in [7, 11) is 3.88. The highest BCUT2D eigenvalue weighted by Gasteiger charge is 2.47. The van der Waals surface area contributed by atoms with E-state index in [0.29, 0.717) is 64.2 Å². The van der Waals surface area contributed by atoms with Crippen LogP contribution in [0.1, 0.15) is 147 Å². The molecular weight excluding hydrogens is 1780 g/mol. The number of carboxylic acid groups (broad SMARTS) is 1. The summed E-state index contributed by atoms with van der Waals surface area (Å²) in [5.41, 5.74) is 14.0. The Morgan fingerprint density at radius 2 is 1.16 bits per heavy atom. The fourth-order valence-electron chi connectivity index (χ4n) is 17.0. The molecule has 0 aliphatic carbocycles. The number of imidazole rings is 1. The van der Waals surface area contributed by atoms with Crippen LogP contribution in [-0.2, 0) is 107 Å². The van der Waals surface area contributed by atoms with Crippen molar-refractivity contribution in [3.63, 3.8) is 0 Å². The Bertz CT molecular complexity index is 5240. The first-order valence-electron chi connectivity index (χ1n) is 45.7. The number of aliphatic carboxylic acids is 1. The number of ketones is 1. The van der Waals surface area contributed by atoms with Gasteiger partial charge in [0.1, 0.15) is 78.3 Å². The van der Waals surface area contributed by atoms with Crippen LogP contribution in [0.15, 0.2) is 97.7 Å². The van der Waals surface area contributed by atoms with Gasteiger partial charge in [-0.25, -0.2) is 4.98 Å². The molecule has 6 heterocycles. The highest BCUT2D eigenvalue weighted by Crippen LogP contribution is 2.30. The molecule has 3 aromatic heterocycles. The number of aromatic nitrogens is 4. The molecule has 738 valence electrons. The number of aliphatic hydroxyl groups excluding tert-OH is 2. The van der Waals surface area contributed by atoms with Gasteiger partial charge in [-0.3, -0.25) is 86.9 Å². The molecule has 15 amide bonds. The molecule has 0 radical (unpaired) electrons. The minimum Gasteiger partial charge on any atom is -0.508 e. The van der Waals surface area contributed by atoms with E-state index in [2.05, 4.69) is 73.1 Å². The number of phenols is 1. The van der Waals surface area contributed by atoms with Gasteiger partial charge in [-0.2, -0.15) is 0 Å². The number of rotatable bonds is 26. The summed E-state index contributed by atoms with van der Waals surface area (Å²) in [4.78, 5) is 269. The van der Waals surface area contributed by atoms with Crippen LogP contribution in [-0.4, -0.2) is 321 Å². The second-order valence-electron chi connectivity index (χ2n) is 35.2. The zero-order valence-corrected chi connectivity index (χ0v) is 78.4. The summed E-state index contributed by atoms with van der Waals surface area (Å²) >= 11 is 0.752. The first-order valence-corrected chi connectivity index (χ1v) is 46.9. The smallest absolute Gasteiger partial charge is 0.305 e. The normalized spacial score (nSPS) is 24.7. The fraction of sp³-hybridized carbons (Fsp3) is 0.533. The number of thioether (sulfide) groups is 1. The lowest BCUT2D eigenvalue weighted by Gasteiger charge is -2.36. The van der Waals surface area contributed by atoms with Crippen molar-refractivity contribution < 1.29 is 102 Å². The molecule has 6 aromatic rings. The standard InChI is InChI=1S/C92H128N22O21S/c1-9-11-24-71-85(129)103-63(23-17-31-97-92(94)95)82(126)109-70(81(125)100-44-76(93)119)47-136-48-77(120)102-66(34-52-27-29-57(116)30-28-52)87(131)110(6)51(5)79(123)105-68(40-78(121)122)89(133)113-32-18-26-72(113)86(130)104-64(38-56-43-96-49-101-56)83(127)106-65(33-50(3)4)90(134)114-45-58(117)39-74(114)75(118)37-53(35-54-41-98-61-21-15-13-19-59(54)61)80(124)108-69(46-115)84(128)107-67(36-55-42-99-62-22-16-14-20-60(55)62)88(132)112(8)73(25-12-10-2)91(135)111(71)7/h13-16,19-22,27-30,41-43,49-51,53,58,63-74,98-99,115-117H,9-12,17-18,23-26,31-40,44-48H2,1-8H3,(H2,93,119)(H,96,101)(H,100,125)(H,102,120)(H,103,129)(H,104,130)(H,105,123)(H,106,127)(H,107,128)(H,108,124)(H,109,126)(H,121,122)(H4,94,95,97)/t51-,53+,58+,63-,64-,65-,66-,67-,68-,69-,70-,71-,72-,73-,74-/m0/s1. The maximum Gasteiger partial charge on any atom is 0.305 e. The van der Waals surface area contributed by atoms with E-state index in [1.807, 2.05) is 13.8 Å². The topological polar surface area (TPSA) is 644 Å². The number of primary amides is 1. The number of carboxylic acids is 1. The number of benzene rings is 3. The van der Waals surface area contributed by atoms with E-state index < -0.39 is 241 Å². The number of guanidine groups is 1. The number of H-pyrrole nitrogens is 3. The van der Waals surface area contributed by atoms with Crippen LogP contribution in [0.5, 0.6) is 5.75 Å². The fourth-order valence-corrected chi connectivity index (χ4v) is 17.9. The number of nitrogens with one attached hydrogen (secondary N) is 14. The summed E-state index contributed by atoms with van der Waals surface area (Å²) in [6, 6.07) is -0.655. The summed E-state index contributed by atoms with van der Waals surface area (Å²) in [6.07, 6.45) is 2.97. The lowest BCUT2D eigenvalue weighted by atomic mass is 9.90. The maximum atomic E-state index is 15.8. The van der Waals surface area contributed by atoms with Gasteiger partial charge >= 0.3 is 5.97 Å². The van der Waals surface area contributed by atoms with Crippen molar-refractivity contribution in [2.24, 2.45) is 23.3 Å². The molecule has 0 spiro atoms. The van der Waals surface area contributed by atoms with Crippen molar-refractivity contribution in [2.75, 3.05) is 65.4 Å². The van der Waals surface area contributed by atoms with Crippen molar-refractivity contribution in [1.82, 2.24) is 97.6 Å². The Balaban J connectivity index is 1.10. The molecular formula is C92H128N22O21S. The van der Waals surface area contributed by atoms with Crippen LogP contribution in [0.25, 0.3) is 21.8 Å². The second-order valence-corrected chi connectivity index (χ2v) is 36.2. The minimum absolute atomic E-state index is 0.00924. The number of aliphatic hydroxyl groups is 2. The van der Waals surface area contributed by atoms with Gasteiger partial charge in [-0.05, 0) is 105 Å². The summed E-state index contributed by atoms with van der Waals surface area (Å²) in [6.45, 7) is 5.99. The van der Waals surface area contributed by atoms with Crippen LogP contribution in [0.2, 0.25) is 0 Å². The molecule has 0 saturated carbocycles. The van der Waals surface area contributed by atoms with E-state index in [1.165, 1.54) is 64.9 Å². The van der Waals surface area contributed by atoms with Gasteiger partial charge in [0.05, 0.1) is 49.5 Å². The first kappa shape index (κ1) is 106. The van der Waals surface area contributed by atoms with Gasteiger partial charge in [-0.15, -0.1) is 11.8 Å². The Hall–Kier alpha value is -13.5. The third-order valence-electron chi connectivity index (χ3n) is 24.6. The number of nitrogens with zero attached hydrogens (tertiary/aromatic N) is 6. The Kier molecular flexibility index (Phi) is 39.6. The monoisotopic (exact) mass is 1910 g/mol. The number of unbranched alkanes of at least 4 members (excludes halogenated alkanes) is 2. The molecule has 3 fully saturated rings. The van der Waals surface area contributed by atoms with E-state index in [1.54, 1.807) is 74.8 Å². The average Bonchev–Trinajstić information content (AvgIpc) is 1.53. The third kappa shape index (κ3) is 29.5. The molecule has 15 atom stereocenters. The first-order chi connectivity index (χ1) is 64.8. The van der Waals surface area contributed by atoms with Gasteiger partial charge in [0.2, 0.25) is 88.6 Å². The number of Topliss-reactive ketones (excluding diaryl/α,β-unsaturated/α-hetero) is 1. The number of likely N-dealkylation sites (N-methyl/N-ethyl adjacent to an activating group) is 3. The molecule has 0 bridgehead atoms. The van der Waals surface area contributed by atoms with Crippen molar-refractivity contribution in [3.8, 4) is 5.75 Å². The minimum atomic E-state index is -1.91. The van der Waals surface area contributed by atoms with E-state index in [0.717, 1.165) is 36.3 Å². The van der Waals surface area contributed by atoms with Crippen molar-refractivity contribution in [3.05, 3.63) is 120 Å². The molecule has 3 saturated heterocycles. The zero-order valence-electron chi connectivity index (χ0n) is 77.6. The zero-order chi connectivity index (χ0) is 99.3. The summed E-state index contributed by atoms with van der Waals surface area (Å²) in [5, 5.41) is 78.7. The lowest BCUT2D eigenvalue weighted by Crippen LogP contribution is -2.61. The van der Waals surface area contributed by atoms with Crippen LogP contribution in [0.3, 0.4) is 0 Å². The predicted octanol–water partition coefficient (Wildman–Crippen LogP) is -1.24. The Morgan fingerprint density at radius 1 is 0.588 bits per heavy atom. The van der Waals surface area contributed by atoms with Crippen molar-refractivity contribution in [1.29, 1.82) is 5.41 Å². The number of aromatic hydroxyl groups is 1. The number of aromatic amines is 3. The van der Waals surface area contributed by atoms with Gasteiger partial charge < -0.3 is 125 Å². The second kappa shape index (κ2) is 50.7. The number of nitrogens with two attached hydrogens (primary N) is 2. The number of amides is 15. The van der Waals surface area contributed by atoms with Crippen LogP contribution in [0, 0.1) is 17.2 Å². The molecule has 9 rings (SSSR count). The molecule has 3 aliphatic rings. The number of para-hydroxylation sites is 2. The summed E-state index contributed by atoms with van der Waals surface area (Å²) < 4.78 is 0. The van der Waals surface area contributed by atoms with E-state index in [9.17, 15) is 63.6 Å². The van der Waals surface area contributed by atoms with Crippen LogP contribution >= 0.6 is 11.8 Å². The van der Waals surface area contributed by atoms with E-state index in [4.69, 9.17) is 16.9 Å².